The topological polar surface area (TPSA) is 52.5 Å². The second-order valence-electron chi connectivity index (χ2n) is 4.44. The molecule has 0 spiro atoms. The Hall–Kier alpha value is -1.95. The van der Waals surface area contributed by atoms with E-state index in [1.807, 2.05) is 0 Å². The van der Waals surface area contributed by atoms with Crippen molar-refractivity contribution in [1.82, 2.24) is 5.32 Å². The third-order valence-corrected chi connectivity index (χ3v) is 2.63. The number of alkyl halides is 3. The van der Waals surface area contributed by atoms with Crippen LogP contribution in [-0.4, -0.2) is 15.9 Å². The summed E-state index contributed by atoms with van der Waals surface area (Å²) >= 11 is 0. The SMILES string of the molecule is CC1(O)C=C(O)C=C(c2ccccc2C(F)(F)F)N1. The molecule has 0 bridgehead atoms. The van der Waals surface area contributed by atoms with Gasteiger partial charge in [0.1, 0.15) is 5.76 Å². The minimum Gasteiger partial charge on any atom is -0.508 e. The third-order valence-electron chi connectivity index (χ3n) is 2.63. The number of rotatable bonds is 1. The maximum absolute atomic E-state index is 12.9. The van der Waals surface area contributed by atoms with E-state index >= 15 is 0 Å². The van der Waals surface area contributed by atoms with Crippen LogP contribution >= 0.6 is 0 Å². The molecule has 1 aliphatic heterocycles. The second-order valence-corrected chi connectivity index (χ2v) is 4.44. The zero-order valence-corrected chi connectivity index (χ0v) is 9.99. The van der Waals surface area contributed by atoms with E-state index in [0.29, 0.717) is 0 Å². The molecule has 0 aliphatic carbocycles. The lowest BCUT2D eigenvalue weighted by Crippen LogP contribution is -2.41. The van der Waals surface area contributed by atoms with Gasteiger partial charge in [-0.15, -0.1) is 0 Å². The number of hydrogen-bond acceptors (Lipinski definition) is 3. The molecular formula is C13H12F3NO2. The molecule has 3 nitrogen and oxygen atoms in total. The Morgan fingerprint density at radius 3 is 2.42 bits per heavy atom. The van der Waals surface area contributed by atoms with Gasteiger partial charge in [-0.2, -0.15) is 13.2 Å². The van der Waals surface area contributed by atoms with Crippen molar-refractivity contribution in [3.8, 4) is 0 Å². The molecule has 3 N–H and O–H groups in total. The molecule has 1 aromatic rings. The van der Waals surface area contributed by atoms with Crippen LogP contribution in [0.1, 0.15) is 18.1 Å². The number of aliphatic hydroxyl groups is 2. The highest BCUT2D eigenvalue weighted by atomic mass is 19.4. The highest BCUT2D eigenvalue weighted by Gasteiger charge is 2.35. The Kier molecular flexibility index (Phi) is 3.06. The van der Waals surface area contributed by atoms with Gasteiger partial charge in [-0.05, 0) is 13.0 Å². The summed E-state index contributed by atoms with van der Waals surface area (Å²) in [6, 6.07) is 4.96. The zero-order valence-electron chi connectivity index (χ0n) is 9.99. The number of nitrogens with one attached hydrogen (secondary N) is 1. The van der Waals surface area contributed by atoms with Crippen LogP contribution in [-0.2, 0) is 6.18 Å². The molecule has 0 aromatic heterocycles. The normalized spacial score (nSPS) is 23.4. The zero-order chi connectivity index (χ0) is 14.3. The van der Waals surface area contributed by atoms with Crippen molar-refractivity contribution in [2.24, 2.45) is 0 Å². The van der Waals surface area contributed by atoms with Gasteiger partial charge in [0, 0.05) is 23.4 Å². The predicted octanol–water partition coefficient (Wildman–Crippen LogP) is 2.80. The Labute approximate surface area is 107 Å². The summed E-state index contributed by atoms with van der Waals surface area (Å²) in [4.78, 5) is 0. The van der Waals surface area contributed by atoms with Crippen LogP contribution in [0.25, 0.3) is 5.70 Å². The number of allylic oxidation sites excluding steroid dienone is 1. The molecular weight excluding hydrogens is 259 g/mol. The van der Waals surface area contributed by atoms with Gasteiger partial charge in [-0.1, -0.05) is 18.2 Å². The van der Waals surface area contributed by atoms with Crippen LogP contribution in [0.15, 0.2) is 42.2 Å². The fourth-order valence-corrected chi connectivity index (χ4v) is 1.93. The smallest absolute Gasteiger partial charge is 0.417 e. The van der Waals surface area contributed by atoms with Crippen molar-refractivity contribution in [2.75, 3.05) is 0 Å². The fraction of sp³-hybridized carbons (Fsp3) is 0.231. The number of dihydropyridines is 1. The highest BCUT2D eigenvalue weighted by molar-refractivity contribution is 5.71. The molecule has 1 aromatic carbocycles. The molecule has 1 heterocycles. The van der Waals surface area contributed by atoms with E-state index in [9.17, 15) is 23.4 Å². The van der Waals surface area contributed by atoms with Crippen LogP contribution in [0.5, 0.6) is 0 Å². The molecule has 102 valence electrons. The molecule has 2 rings (SSSR count). The van der Waals surface area contributed by atoms with Gasteiger partial charge >= 0.3 is 6.18 Å². The number of hydrogen-bond donors (Lipinski definition) is 3. The van der Waals surface area contributed by atoms with Crippen LogP contribution in [0.2, 0.25) is 0 Å². The van der Waals surface area contributed by atoms with Crippen LogP contribution in [0.4, 0.5) is 13.2 Å². The average Bonchev–Trinajstić information content (AvgIpc) is 2.25. The summed E-state index contributed by atoms with van der Waals surface area (Å²) in [6.45, 7) is 1.33. The molecule has 1 atom stereocenters. The molecule has 0 saturated heterocycles. The molecule has 6 heteroatoms. The monoisotopic (exact) mass is 271 g/mol. The van der Waals surface area contributed by atoms with Gasteiger partial charge in [-0.3, -0.25) is 0 Å². The summed E-state index contributed by atoms with van der Waals surface area (Å²) in [5.74, 6) is -0.296. The van der Waals surface area contributed by atoms with Gasteiger partial charge in [0.25, 0.3) is 0 Å². The molecule has 1 unspecified atom stereocenters. The quantitative estimate of drug-likeness (QED) is 0.736. The first kappa shape index (κ1) is 13.5. The standard InChI is InChI=1S/C13H12F3NO2/c1-12(19)7-8(18)6-11(17-12)9-4-2-3-5-10(9)13(14,15)16/h2-7,17-19H,1H3. The van der Waals surface area contributed by atoms with Crippen LogP contribution < -0.4 is 5.32 Å². The summed E-state index contributed by atoms with van der Waals surface area (Å²) in [6.07, 6.45) is -2.27. The summed E-state index contributed by atoms with van der Waals surface area (Å²) in [5.41, 5.74) is -2.56. The van der Waals surface area contributed by atoms with E-state index in [-0.39, 0.29) is 17.0 Å². The predicted molar refractivity (Wildman–Crippen MR) is 63.9 cm³/mol. The van der Waals surface area contributed by atoms with Gasteiger partial charge in [0.15, 0.2) is 5.72 Å². The average molecular weight is 271 g/mol. The minimum atomic E-state index is -4.51. The molecule has 0 fully saturated rings. The largest absolute Gasteiger partial charge is 0.508 e. The highest BCUT2D eigenvalue weighted by Crippen LogP contribution is 2.35. The number of aliphatic hydroxyl groups excluding tert-OH is 1. The van der Waals surface area contributed by atoms with Crippen molar-refractivity contribution in [3.63, 3.8) is 0 Å². The van der Waals surface area contributed by atoms with Crippen LogP contribution in [0.3, 0.4) is 0 Å². The molecule has 0 amide bonds. The third kappa shape index (κ3) is 2.90. The Bertz CT molecular complexity index is 559. The van der Waals surface area contributed by atoms with Crippen molar-refractivity contribution >= 4 is 5.70 Å². The molecule has 0 radical (unpaired) electrons. The Balaban J connectivity index is 2.52. The fourth-order valence-electron chi connectivity index (χ4n) is 1.93. The van der Waals surface area contributed by atoms with Crippen molar-refractivity contribution in [1.29, 1.82) is 0 Å². The van der Waals surface area contributed by atoms with Gasteiger partial charge < -0.3 is 15.5 Å². The second kappa shape index (κ2) is 4.31. The van der Waals surface area contributed by atoms with E-state index in [1.54, 1.807) is 0 Å². The van der Waals surface area contributed by atoms with Gasteiger partial charge in [-0.25, -0.2) is 0 Å². The van der Waals surface area contributed by atoms with Gasteiger partial charge in [0.2, 0.25) is 0 Å². The summed E-state index contributed by atoms with van der Waals surface area (Å²) in [5, 5.41) is 21.8. The lowest BCUT2D eigenvalue weighted by atomic mass is 10.00. The summed E-state index contributed by atoms with van der Waals surface area (Å²) in [7, 11) is 0. The molecule has 0 saturated carbocycles. The minimum absolute atomic E-state index is 0.0120. The first-order valence-corrected chi connectivity index (χ1v) is 5.50. The van der Waals surface area contributed by atoms with E-state index < -0.39 is 17.5 Å². The molecule has 19 heavy (non-hydrogen) atoms. The number of halogens is 3. The first-order chi connectivity index (χ1) is 8.69. The Morgan fingerprint density at radius 2 is 1.84 bits per heavy atom. The first-order valence-electron chi connectivity index (χ1n) is 5.50. The molecule has 1 aliphatic rings. The lowest BCUT2D eigenvalue weighted by molar-refractivity contribution is -0.137. The maximum Gasteiger partial charge on any atom is 0.417 e. The van der Waals surface area contributed by atoms with E-state index in [0.717, 1.165) is 18.2 Å². The van der Waals surface area contributed by atoms with Crippen molar-refractivity contribution in [2.45, 2.75) is 18.8 Å². The van der Waals surface area contributed by atoms with E-state index in [2.05, 4.69) is 5.32 Å². The van der Waals surface area contributed by atoms with E-state index in [4.69, 9.17) is 0 Å². The van der Waals surface area contributed by atoms with E-state index in [1.165, 1.54) is 25.1 Å². The lowest BCUT2D eigenvalue weighted by Gasteiger charge is -2.29. The number of benzene rings is 1. The summed E-state index contributed by atoms with van der Waals surface area (Å²) < 4.78 is 38.7. The van der Waals surface area contributed by atoms with Crippen LogP contribution in [0, 0.1) is 0 Å². The van der Waals surface area contributed by atoms with Gasteiger partial charge in [0.05, 0.1) is 5.56 Å². The maximum atomic E-state index is 12.9. The van der Waals surface area contributed by atoms with Crippen molar-refractivity contribution in [3.05, 3.63) is 53.3 Å². The van der Waals surface area contributed by atoms with Crippen molar-refractivity contribution < 1.29 is 23.4 Å². The Morgan fingerprint density at radius 1 is 1.21 bits per heavy atom.